The Hall–Kier alpha value is -0.590. The maximum Gasteiger partial charge on any atom is 0.0456 e. The molecule has 0 aliphatic heterocycles. The van der Waals surface area contributed by atoms with Crippen LogP contribution in [0.25, 0.3) is 0 Å². The predicted molar refractivity (Wildman–Crippen MR) is 88.1 cm³/mol. The van der Waals surface area contributed by atoms with Crippen LogP contribution in [-0.2, 0) is 6.42 Å². The highest BCUT2D eigenvalue weighted by Gasteiger charge is 2.15. The van der Waals surface area contributed by atoms with Crippen molar-refractivity contribution in [2.45, 2.75) is 19.4 Å². The van der Waals surface area contributed by atoms with Crippen molar-refractivity contribution in [3.8, 4) is 0 Å². The van der Waals surface area contributed by atoms with E-state index in [1.807, 2.05) is 13.1 Å². The summed E-state index contributed by atoms with van der Waals surface area (Å²) in [5, 5.41) is 5.53. The fourth-order valence-electron chi connectivity index (χ4n) is 2.04. The van der Waals surface area contributed by atoms with Gasteiger partial charge in [0.05, 0.1) is 0 Å². The number of anilines is 1. The minimum absolute atomic E-state index is 0.340. The van der Waals surface area contributed by atoms with Crippen LogP contribution in [-0.4, -0.2) is 7.05 Å². The highest BCUT2D eigenvalue weighted by atomic mass is 127. The second-order valence-corrected chi connectivity index (χ2v) is 6.55. The molecule has 1 aromatic carbocycles. The summed E-state index contributed by atoms with van der Waals surface area (Å²) in [7, 11) is 2.01. The first-order chi connectivity index (χ1) is 8.61. The van der Waals surface area contributed by atoms with Crippen LogP contribution in [0.2, 0.25) is 0 Å². The minimum atomic E-state index is 0.340. The summed E-state index contributed by atoms with van der Waals surface area (Å²) >= 11 is 4.09. The van der Waals surface area contributed by atoms with Crippen LogP contribution in [0.1, 0.15) is 22.0 Å². The monoisotopic (exact) mass is 372 g/mol. The molecule has 96 valence electrons. The molecule has 2 rings (SSSR count). The van der Waals surface area contributed by atoms with Crippen molar-refractivity contribution >= 4 is 39.6 Å². The Morgan fingerprint density at radius 2 is 2.17 bits per heavy atom. The van der Waals surface area contributed by atoms with Crippen molar-refractivity contribution in [2.24, 2.45) is 0 Å². The minimum Gasteiger partial charge on any atom is -0.398 e. The van der Waals surface area contributed by atoms with Gasteiger partial charge in [0.25, 0.3) is 0 Å². The van der Waals surface area contributed by atoms with E-state index in [1.165, 1.54) is 19.6 Å². The van der Waals surface area contributed by atoms with Gasteiger partial charge in [-0.25, -0.2) is 0 Å². The van der Waals surface area contributed by atoms with Crippen LogP contribution in [0.15, 0.2) is 29.6 Å². The molecule has 1 aromatic heterocycles. The molecule has 4 heteroatoms. The van der Waals surface area contributed by atoms with Crippen LogP contribution < -0.4 is 11.1 Å². The van der Waals surface area contributed by atoms with Gasteiger partial charge in [-0.3, -0.25) is 0 Å². The van der Waals surface area contributed by atoms with E-state index >= 15 is 0 Å². The molecule has 0 radical (unpaired) electrons. The third-order valence-corrected chi connectivity index (χ3v) is 4.90. The van der Waals surface area contributed by atoms with Gasteiger partial charge in [-0.2, -0.15) is 0 Å². The lowest BCUT2D eigenvalue weighted by Gasteiger charge is -2.17. The number of nitrogens with one attached hydrogen (secondary N) is 1. The fraction of sp³-hybridized carbons (Fsp3) is 0.286. The standard InChI is InChI=1S/C14H17IN2S/c1-9-5-6-18-14(9)13(17-2)7-10-3-4-11(15)8-12(10)16/h3-6,8,13,17H,7,16H2,1-2H3. The van der Waals surface area contributed by atoms with Gasteiger partial charge < -0.3 is 11.1 Å². The molecule has 0 fully saturated rings. The molecule has 3 N–H and O–H groups in total. The Balaban J connectivity index is 2.23. The van der Waals surface area contributed by atoms with Crippen LogP contribution in [0.5, 0.6) is 0 Å². The molecule has 0 aliphatic carbocycles. The van der Waals surface area contributed by atoms with Gasteiger partial charge in [0.2, 0.25) is 0 Å². The zero-order valence-electron chi connectivity index (χ0n) is 10.5. The first-order valence-electron chi connectivity index (χ1n) is 5.87. The van der Waals surface area contributed by atoms with Gasteiger partial charge in [0, 0.05) is 20.2 Å². The van der Waals surface area contributed by atoms with Gasteiger partial charge in [-0.1, -0.05) is 6.07 Å². The third kappa shape index (κ3) is 3.05. The van der Waals surface area contributed by atoms with Crippen LogP contribution in [0, 0.1) is 10.5 Å². The molecule has 2 aromatic rings. The van der Waals surface area contributed by atoms with Gasteiger partial charge >= 0.3 is 0 Å². The second-order valence-electron chi connectivity index (χ2n) is 4.36. The number of likely N-dealkylation sites (N-methyl/N-ethyl adjacent to an activating group) is 1. The average Bonchev–Trinajstić information content (AvgIpc) is 2.75. The Kier molecular flexibility index (Phi) is 4.64. The van der Waals surface area contributed by atoms with Crippen LogP contribution in [0.4, 0.5) is 5.69 Å². The number of thiophene rings is 1. The van der Waals surface area contributed by atoms with E-state index in [0.29, 0.717) is 6.04 Å². The van der Waals surface area contributed by atoms with E-state index in [9.17, 15) is 0 Å². The fourth-order valence-corrected chi connectivity index (χ4v) is 3.59. The molecule has 0 amide bonds. The molecular weight excluding hydrogens is 355 g/mol. The van der Waals surface area contributed by atoms with E-state index in [1.54, 1.807) is 11.3 Å². The number of aryl methyl sites for hydroxylation is 1. The number of rotatable bonds is 4. The van der Waals surface area contributed by atoms with Crippen molar-refractivity contribution < 1.29 is 0 Å². The molecule has 1 heterocycles. The summed E-state index contributed by atoms with van der Waals surface area (Å²) in [6.45, 7) is 2.16. The van der Waals surface area contributed by atoms with Crippen molar-refractivity contribution in [1.29, 1.82) is 0 Å². The van der Waals surface area contributed by atoms with Crippen molar-refractivity contribution in [3.63, 3.8) is 0 Å². The van der Waals surface area contributed by atoms with E-state index in [2.05, 4.69) is 58.4 Å². The number of hydrogen-bond donors (Lipinski definition) is 2. The van der Waals surface area contributed by atoms with Gasteiger partial charge in [0.1, 0.15) is 0 Å². The molecule has 0 bridgehead atoms. The molecule has 1 unspecified atom stereocenters. The summed E-state index contributed by atoms with van der Waals surface area (Å²) in [5.41, 5.74) is 9.53. The predicted octanol–water partition coefficient (Wildman–Crippen LogP) is 3.75. The van der Waals surface area contributed by atoms with E-state index in [0.717, 1.165) is 12.1 Å². The van der Waals surface area contributed by atoms with Gasteiger partial charge in [-0.15, -0.1) is 11.3 Å². The second kappa shape index (κ2) is 6.04. The lowest BCUT2D eigenvalue weighted by molar-refractivity contribution is 0.600. The van der Waals surface area contributed by atoms with Gasteiger partial charge in [0.15, 0.2) is 0 Å². The number of hydrogen-bond acceptors (Lipinski definition) is 3. The first-order valence-corrected chi connectivity index (χ1v) is 7.83. The lowest BCUT2D eigenvalue weighted by atomic mass is 10.0. The van der Waals surface area contributed by atoms with Crippen molar-refractivity contribution in [2.75, 3.05) is 12.8 Å². The summed E-state index contributed by atoms with van der Waals surface area (Å²) in [4.78, 5) is 1.40. The highest BCUT2D eigenvalue weighted by molar-refractivity contribution is 14.1. The quantitative estimate of drug-likeness (QED) is 0.634. The molecule has 0 saturated heterocycles. The normalized spacial score (nSPS) is 12.6. The average molecular weight is 372 g/mol. The summed E-state index contributed by atoms with van der Waals surface area (Å²) in [6.07, 6.45) is 0.931. The summed E-state index contributed by atoms with van der Waals surface area (Å²) < 4.78 is 1.18. The maximum atomic E-state index is 6.09. The molecule has 18 heavy (non-hydrogen) atoms. The topological polar surface area (TPSA) is 38.0 Å². The highest BCUT2D eigenvalue weighted by Crippen LogP contribution is 2.28. The van der Waals surface area contributed by atoms with E-state index in [4.69, 9.17) is 5.73 Å². The molecule has 2 nitrogen and oxygen atoms in total. The Labute approximate surface area is 126 Å². The third-order valence-electron chi connectivity index (χ3n) is 3.10. The molecule has 0 aliphatic rings. The molecule has 0 spiro atoms. The van der Waals surface area contributed by atoms with Crippen molar-refractivity contribution in [1.82, 2.24) is 5.32 Å². The summed E-state index contributed by atoms with van der Waals surface area (Å²) in [6, 6.07) is 8.78. The smallest absolute Gasteiger partial charge is 0.0456 e. The van der Waals surface area contributed by atoms with Crippen LogP contribution in [0.3, 0.4) is 0 Å². The number of nitrogen functional groups attached to an aromatic ring is 1. The summed E-state index contributed by atoms with van der Waals surface area (Å²) in [5.74, 6) is 0. The number of nitrogens with two attached hydrogens (primary N) is 1. The largest absolute Gasteiger partial charge is 0.398 e. The Bertz CT molecular complexity index is 536. The zero-order valence-corrected chi connectivity index (χ0v) is 13.5. The van der Waals surface area contributed by atoms with Crippen molar-refractivity contribution in [3.05, 3.63) is 49.2 Å². The van der Waals surface area contributed by atoms with E-state index < -0.39 is 0 Å². The molecule has 0 saturated carbocycles. The Morgan fingerprint density at radius 3 is 2.72 bits per heavy atom. The first kappa shape index (κ1) is 13.8. The maximum absolute atomic E-state index is 6.09. The van der Waals surface area contributed by atoms with E-state index in [-0.39, 0.29) is 0 Å². The van der Waals surface area contributed by atoms with Crippen LogP contribution >= 0.6 is 33.9 Å². The van der Waals surface area contributed by atoms with Gasteiger partial charge in [-0.05, 0) is 77.7 Å². The molecule has 1 atom stereocenters. The Morgan fingerprint density at radius 1 is 1.39 bits per heavy atom. The lowest BCUT2D eigenvalue weighted by Crippen LogP contribution is -2.19. The SMILES string of the molecule is CNC(Cc1ccc(I)cc1N)c1sccc1C. The number of halogens is 1. The number of benzene rings is 1. The zero-order chi connectivity index (χ0) is 13.1. The molecular formula is C14H17IN2S.